The van der Waals surface area contributed by atoms with Gasteiger partial charge < -0.3 is 9.52 Å². The fraction of sp³-hybridized carbons (Fsp3) is 0.118. The number of hydrogen-bond acceptors (Lipinski definition) is 5. The van der Waals surface area contributed by atoms with Crippen molar-refractivity contribution in [3.05, 3.63) is 67.3 Å². The minimum atomic E-state index is -0.351. The maximum absolute atomic E-state index is 12.4. The van der Waals surface area contributed by atoms with Crippen LogP contribution in [0, 0.1) is 10.9 Å². The Morgan fingerprint density at radius 2 is 2.17 bits per heavy atom. The second kappa shape index (κ2) is 5.54. The van der Waals surface area contributed by atoms with Crippen molar-refractivity contribution in [2.75, 3.05) is 0 Å². The Kier molecular flexibility index (Phi) is 3.47. The molecule has 0 saturated carbocycles. The highest BCUT2D eigenvalue weighted by molar-refractivity contribution is 7.73. The monoisotopic (exact) mass is 356 g/mol. The number of furan rings is 1. The van der Waals surface area contributed by atoms with Gasteiger partial charge in [0.25, 0.3) is 5.91 Å². The molecule has 2 aromatic heterocycles. The molecule has 0 atom stereocenters. The summed E-state index contributed by atoms with van der Waals surface area (Å²) in [5, 5.41) is 12.0. The summed E-state index contributed by atoms with van der Waals surface area (Å²) >= 11 is 6.56. The van der Waals surface area contributed by atoms with Gasteiger partial charge in [-0.1, -0.05) is 18.2 Å². The first-order chi connectivity index (χ1) is 11.6. The van der Waals surface area contributed by atoms with Gasteiger partial charge in [-0.2, -0.15) is 0 Å². The second-order valence-corrected chi connectivity index (χ2v) is 7.09. The molecular formula is C17H12N2O3S2. The molecule has 0 fully saturated rings. The maximum atomic E-state index is 12.4. The largest absolute Gasteiger partial charge is 0.493 e. The first-order valence-electron chi connectivity index (χ1n) is 7.24. The van der Waals surface area contributed by atoms with Gasteiger partial charge in [-0.05, 0) is 36.8 Å². The molecular weight excluding hydrogens is 344 g/mol. The van der Waals surface area contributed by atoms with Crippen LogP contribution in [0.2, 0.25) is 0 Å². The van der Waals surface area contributed by atoms with Crippen LogP contribution in [0.15, 0.2) is 46.0 Å². The lowest BCUT2D eigenvalue weighted by Crippen LogP contribution is -2.25. The summed E-state index contributed by atoms with van der Waals surface area (Å²) in [5.41, 5.74) is 1.33. The van der Waals surface area contributed by atoms with Crippen molar-refractivity contribution in [2.24, 2.45) is 4.99 Å². The van der Waals surface area contributed by atoms with Crippen molar-refractivity contribution >= 4 is 35.0 Å². The molecule has 0 bridgehead atoms. The minimum absolute atomic E-state index is 0.0330. The molecule has 0 saturated heterocycles. The maximum Gasteiger partial charge on any atom is 0.279 e. The lowest BCUT2D eigenvalue weighted by atomic mass is 10.1. The molecule has 24 heavy (non-hydrogen) atoms. The Bertz CT molecular complexity index is 1140. The Labute approximate surface area is 145 Å². The van der Waals surface area contributed by atoms with Gasteiger partial charge in [-0.25, -0.2) is 4.99 Å². The van der Waals surface area contributed by atoms with Gasteiger partial charge in [0, 0.05) is 5.22 Å². The van der Waals surface area contributed by atoms with E-state index in [2.05, 4.69) is 4.99 Å². The van der Waals surface area contributed by atoms with Crippen LogP contribution in [0.3, 0.4) is 0 Å². The Morgan fingerprint density at radius 1 is 1.33 bits per heavy atom. The lowest BCUT2D eigenvalue weighted by molar-refractivity contribution is -0.112. The van der Waals surface area contributed by atoms with E-state index in [1.54, 1.807) is 23.0 Å². The van der Waals surface area contributed by atoms with E-state index in [1.165, 1.54) is 11.3 Å². The first-order valence-corrected chi connectivity index (χ1v) is 8.47. The van der Waals surface area contributed by atoms with E-state index in [-0.39, 0.29) is 11.8 Å². The van der Waals surface area contributed by atoms with Crippen LogP contribution < -0.4 is 10.6 Å². The number of thiazole rings is 1. The summed E-state index contributed by atoms with van der Waals surface area (Å²) in [5.74, 6) is 0.291. The molecule has 3 heterocycles. The number of amides is 1. The average Bonchev–Trinajstić information content (AvgIpc) is 3.23. The number of aryl methyl sites for hydroxylation is 1. The quantitative estimate of drug-likeness (QED) is 0.731. The summed E-state index contributed by atoms with van der Waals surface area (Å²) in [6.45, 7) is 2.22. The van der Waals surface area contributed by atoms with Gasteiger partial charge in [-0.3, -0.25) is 9.36 Å². The predicted octanol–water partition coefficient (Wildman–Crippen LogP) is 2.29. The molecule has 0 unspecified atom stereocenters. The summed E-state index contributed by atoms with van der Waals surface area (Å²) in [4.78, 5) is 17.0. The van der Waals surface area contributed by atoms with Crippen LogP contribution in [0.1, 0.15) is 16.2 Å². The van der Waals surface area contributed by atoms with Gasteiger partial charge in [-0.15, -0.1) is 11.3 Å². The first kappa shape index (κ1) is 15.0. The van der Waals surface area contributed by atoms with Crippen LogP contribution >= 0.6 is 23.6 Å². The number of nitrogens with zero attached hydrogens (tertiary/aromatic N) is 2. The Balaban J connectivity index is 1.93. The van der Waals surface area contributed by atoms with Crippen LogP contribution in [-0.2, 0) is 11.3 Å². The Hall–Kier alpha value is -2.51. The molecule has 1 N–H and O–H groups in total. The van der Waals surface area contributed by atoms with Gasteiger partial charge in [0.05, 0.1) is 23.7 Å². The van der Waals surface area contributed by atoms with Crippen molar-refractivity contribution in [1.29, 1.82) is 0 Å². The van der Waals surface area contributed by atoms with Crippen molar-refractivity contribution in [3.8, 4) is 5.88 Å². The summed E-state index contributed by atoms with van der Waals surface area (Å²) in [6, 6.07) is 9.20. The number of carbonyl (C=O) groups excluding carboxylic acids is 1. The van der Waals surface area contributed by atoms with Crippen molar-refractivity contribution in [3.63, 3.8) is 0 Å². The van der Waals surface area contributed by atoms with Crippen molar-refractivity contribution in [2.45, 2.75) is 13.5 Å². The highest BCUT2D eigenvalue weighted by atomic mass is 32.1. The fourth-order valence-corrected chi connectivity index (χ4v) is 4.10. The molecule has 0 spiro atoms. The van der Waals surface area contributed by atoms with E-state index in [9.17, 15) is 9.90 Å². The van der Waals surface area contributed by atoms with Crippen LogP contribution in [-0.4, -0.2) is 15.6 Å². The van der Waals surface area contributed by atoms with E-state index in [0.717, 1.165) is 10.8 Å². The van der Waals surface area contributed by atoms with Gasteiger partial charge in [0.1, 0.15) is 10.6 Å². The summed E-state index contributed by atoms with van der Waals surface area (Å²) in [6.07, 6.45) is 1.57. The smallest absolute Gasteiger partial charge is 0.279 e. The second-order valence-electron chi connectivity index (χ2n) is 5.45. The molecule has 0 radical (unpaired) electrons. The molecule has 7 heteroatoms. The van der Waals surface area contributed by atoms with E-state index in [4.69, 9.17) is 16.6 Å². The number of rotatable bonds is 3. The number of para-hydroxylation sites is 1. The number of carbonyl (C=O) groups is 1. The van der Waals surface area contributed by atoms with Gasteiger partial charge in [0.2, 0.25) is 5.88 Å². The summed E-state index contributed by atoms with van der Waals surface area (Å²) < 4.78 is 7.34. The zero-order valence-electron chi connectivity index (χ0n) is 12.6. The lowest BCUT2D eigenvalue weighted by Gasteiger charge is -2.03. The molecule has 4 rings (SSSR count). The molecule has 3 aromatic rings. The molecule has 1 aromatic carbocycles. The average molecular weight is 356 g/mol. The molecule has 5 nitrogen and oxygen atoms in total. The zero-order valence-corrected chi connectivity index (χ0v) is 14.3. The van der Waals surface area contributed by atoms with Crippen molar-refractivity contribution < 1.29 is 14.3 Å². The van der Waals surface area contributed by atoms with E-state index >= 15 is 0 Å². The predicted molar refractivity (Wildman–Crippen MR) is 92.1 cm³/mol. The van der Waals surface area contributed by atoms with Crippen LogP contribution in [0.5, 0.6) is 5.88 Å². The molecule has 1 aliphatic rings. The molecule has 120 valence electrons. The standard InChI is InChI=1S/C17H12N2O3S2/c1-9-4-2-6-11-12(15(20)18-13(9)11)14-16(21)19(17(23)24-14)8-10-5-3-7-22-10/h2-7,21H,8H2,1H3. The van der Waals surface area contributed by atoms with E-state index < -0.39 is 0 Å². The van der Waals surface area contributed by atoms with Gasteiger partial charge in [0.15, 0.2) is 3.95 Å². The molecule has 1 aliphatic heterocycles. The topological polar surface area (TPSA) is 67.7 Å². The van der Waals surface area contributed by atoms with Crippen LogP contribution in [0.25, 0.3) is 5.57 Å². The van der Waals surface area contributed by atoms with Crippen molar-refractivity contribution in [1.82, 2.24) is 4.57 Å². The van der Waals surface area contributed by atoms with E-state index in [0.29, 0.717) is 32.1 Å². The minimum Gasteiger partial charge on any atom is -0.493 e. The highest BCUT2D eigenvalue weighted by Crippen LogP contribution is 2.33. The highest BCUT2D eigenvalue weighted by Gasteiger charge is 2.25. The Morgan fingerprint density at radius 3 is 2.92 bits per heavy atom. The van der Waals surface area contributed by atoms with Crippen LogP contribution in [0.4, 0.5) is 0 Å². The number of hydrogen-bond donors (Lipinski definition) is 1. The number of aromatic hydroxyl groups is 1. The zero-order chi connectivity index (χ0) is 16.8. The number of fused-ring (bicyclic) bond motifs is 1. The molecule has 0 aliphatic carbocycles. The summed E-state index contributed by atoms with van der Waals surface area (Å²) in [7, 11) is 0. The number of aromatic nitrogens is 1. The normalized spacial score (nSPS) is 13.2. The fourth-order valence-electron chi connectivity index (χ4n) is 2.76. The third-order valence-corrected chi connectivity index (χ3v) is 5.38. The van der Waals surface area contributed by atoms with E-state index in [1.807, 2.05) is 25.1 Å². The molecule has 1 amide bonds. The third kappa shape index (κ3) is 2.24. The third-order valence-electron chi connectivity index (χ3n) is 3.92. The van der Waals surface area contributed by atoms with Gasteiger partial charge >= 0.3 is 0 Å². The number of benzene rings is 1. The SMILES string of the molecule is Cc1cccc2c1=NC(=O)C=2c1sc(=S)n(Cc2ccco2)c1O.